The number of ether oxygens (including phenoxy) is 1. The summed E-state index contributed by atoms with van der Waals surface area (Å²) in [6.45, 7) is 1.70. The predicted molar refractivity (Wildman–Crippen MR) is 53.3 cm³/mol. The molecule has 0 aliphatic carbocycles. The van der Waals surface area contributed by atoms with Crippen molar-refractivity contribution in [1.29, 1.82) is 0 Å². The first-order valence-electron chi connectivity index (χ1n) is 4.19. The minimum atomic E-state index is -0.975. The third kappa shape index (κ3) is 3.01. The quantitative estimate of drug-likeness (QED) is 0.837. The van der Waals surface area contributed by atoms with Gasteiger partial charge in [0.25, 0.3) is 0 Å². The van der Waals surface area contributed by atoms with Crippen molar-refractivity contribution < 1.29 is 14.6 Å². The molecule has 0 aromatic heterocycles. The van der Waals surface area contributed by atoms with Gasteiger partial charge in [-0.1, -0.05) is 29.8 Å². The van der Waals surface area contributed by atoms with Crippen LogP contribution in [0.4, 0.5) is 0 Å². The topological polar surface area (TPSA) is 46.5 Å². The largest absolute Gasteiger partial charge is 0.479 e. The highest BCUT2D eigenvalue weighted by Gasteiger charge is 2.11. The Labute approximate surface area is 87.3 Å². The third-order valence-electron chi connectivity index (χ3n) is 1.79. The van der Waals surface area contributed by atoms with Crippen molar-refractivity contribution in [2.24, 2.45) is 0 Å². The summed E-state index contributed by atoms with van der Waals surface area (Å²) in [5.74, 6) is -0.975. The van der Waals surface area contributed by atoms with Crippen LogP contribution < -0.4 is 0 Å². The van der Waals surface area contributed by atoms with E-state index in [0.717, 1.165) is 5.56 Å². The van der Waals surface area contributed by atoms with E-state index in [2.05, 4.69) is 0 Å². The van der Waals surface area contributed by atoms with Gasteiger partial charge in [-0.25, -0.2) is 4.79 Å². The lowest BCUT2D eigenvalue weighted by molar-refractivity contribution is -0.149. The van der Waals surface area contributed by atoms with Gasteiger partial charge in [-0.3, -0.25) is 0 Å². The molecule has 0 aliphatic heterocycles. The summed E-state index contributed by atoms with van der Waals surface area (Å²) in [5.41, 5.74) is 0.794. The van der Waals surface area contributed by atoms with E-state index in [1.54, 1.807) is 12.1 Å². The van der Waals surface area contributed by atoms with Gasteiger partial charge in [-0.05, 0) is 18.6 Å². The molecular formula is C10H11ClO3. The van der Waals surface area contributed by atoms with Gasteiger partial charge in [0, 0.05) is 5.02 Å². The molecular weight excluding hydrogens is 204 g/mol. The van der Waals surface area contributed by atoms with Crippen LogP contribution in [0.2, 0.25) is 5.02 Å². The Balaban J connectivity index is 2.54. The summed E-state index contributed by atoms with van der Waals surface area (Å²) < 4.78 is 5.09. The van der Waals surface area contributed by atoms with E-state index < -0.39 is 12.1 Å². The number of carbonyl (C=O) groups is 1. The van der Waals surface area contributed by atoms with Gasteiger partial charge in [0.05, 0.1) is 6.61 Å². The molecule has 0 saturated heterocycles. The Morgan fingerprint density at radius 2 is 2.21 bits per heavy atom. The van der Waals surface area contributed by atoms with Gasteiger partial charge in [0.2, 0.25) is 0 Å². The standard InChI is InChI=1S/C10H11ClO3/c1-7(10(12)13)14-6-8-4-2-3-5-9(8)11/h2-5,7H,6H2,1H3,(H,12,13)/t7-/m1/s1. The van der Waals surface area contributed by atoms with Gasteiger partial charge in [0.15, 0.2) is 6.10 Å². The first-order chi connectivity index (χ1) is 6.61. The Morgan fingerprint density at radius 3 is 2.79 bits per heavy atom. The van der Waals surface area contributed by atoms with E-state index in [1.807, 2.05) is 12.1 Å². The summed E-state index contributed by atoms with van der Waals surface area (Å²) in [4.78, 5) is 10.4. The molecule has 1 atom stereocenters. The predicted octanol–water partition coefficient (Wildman–Crippen LogP) is 2.33. The van der Waals surface area contributed by atoms with Crippen LogP contribution in [0.15, 0.2) is 24.3 Å². The van der Waals surface area contributed by atoms with Gasteiger partial charge in [-0.15, -0.1) is 0 Å². The molecule has 1 aromatic rings. The van der Waals surface area contributed by atoms with E-state index in [1.165, 1.54) is 6.92 Å². The lowest BCUT2D eigenvalue weighted by atomic mass is 10.2. The lowest BCUT2D eigenvalue weighted by Crippen LogP contribution is -2.19. The molecule has 0 radical (unpaired) electrons. The average Bonchev–Trinajstić information content (AvgIpc) is 2.16. The SMILES string of the molecule is C[C@@H](OCc1ccccc1Cl)C(=O)O. The van der Waals surface area contributed by atoms with Crippen molar-refractivity contribution >= 4 is 17.6 Å². The fourth-order valence-corrected chi connectivity index (χ4v) is 1.09. The zero-order valence-corrected chi connectivity index (χ0v) is 8.49. The molecule has 0 amide bonds. The Hall–Kier alpha value is -1.06. The number of rotatable bonds is 4. The van der Waals surface area contributed by atoms with E-state index in [0.29, 0.717) is 5.02 Å². The molecule has 76 valence electrons. The number of carboxylic acids is 1. The Kier molecular flexibility index (Phi) is 3.92. The second kappa shape index (κ2) is 4.98. The molecule has 3 nitrogen and oxygen atoms in total. The van der Waals surface area contributed by atoms with Crippen LogP contribution in [0.25, 0.3) is 0 Å². The molecule has 1 rings (SSSR count). The summed E-state index contributed by atoms with van der Waals surface area (Å²) in [7, 11) is 0. The van der Waals surface area contributed by atoms with E-state index >= 15 is 0 Å². The van der Waals surface area contributed by atoms with Gasteiger partial charge < -0.3 is 9.84 Å². The van der Waals surface area contributed by atoms with Gasteiger partial charge >= 0.3 is 5.97 Å². The minimum absolute atomic E-state index is 0.215. The smallest absolute Gasteiger partial charge is 0.332 e. The molecule has 0 heterocycles. The van der Waals surface area contributed by atoms with Crippen molar-refractivity contribution in [2.75, 3.05) is 0 Å². The fourth-order valence-electron chi connectivity index (χ4n) is 0.902. The molecule has 0 spiro atoms. The first kappa shape index (κ1) is 11.0. The molecule has 4 heteroatoms. The summed E-state index contributed by atoms with van der Waals surface area (Å²) >= 11 is 5.86. The van der Waals surface area contributed by atoms with Crippen LogP contribution in [0.1, 0.15) is 12.5 Å². The molecule has 0 saturated carbocycles. The number of hydrogen-bond donors (Lipinski definition) is 1. The monoisotopic (exact) mass is 214 g/mol. The van der Waals surface area contributed by atoms with Crippen molar-refractivity contribution in [2.45, 2.75) is 19.6 Å². The highest BCUT2D eigenvalue weighted by molar-refractivity contribution is 6.31. The highest BCUT2D eigenvalue weighted by atomic mass is 35.5. The fraction of sp³-hybridized carbons (Fsp3) is 0.300. The molecule has 1 aromatic carbocycles. The highest BCUT2D eigenvalue weighted by Crippen LogP contribution is 2.16. The molecule has 14 heavy (non-hydrogen) atoms. The minimum Gasteiger partial charge on any atom is -0.479 e. The zero-order chi connectivity index (χ0) is 10.6. The van der Waals surface area contributed by atoms with Crippen LogP contribution in [-0.2, 0) is 16.1 Å². The first-order valence-corrected chi connectivity index (χ1v) is 4.57. The number of hydrogen-bond acceptors (Lipinski definition) is 2. The van der Waals surface area contributed by atoms with Crippen molar-refractivity contribution in [3.63, 3.8) is 0 Å². The Bertz CT molecular complexity index is 325. The summed E-state index contributed by atoms with van der Waals surface area (Å²) in [5, 5.41) is 9.16. The second-order valence-electron chi connectivity index (χ2n) is 2.88. The normalized spacial score (nSPS) is 12.4. The molecule has 0 fully saturated rings. The van der Waals surface area contributed by atoms with Crippen LogP contribution >= 0.6 is 11.6 Å². The number of benzene rings is 1. The average molecular weight is 215 g/mol. The van der Waals surface area contributed by atoms with Crippen molar-refractivity contribution in [1.82, 2.24) is 0 Å². The second-order valence-corrected chi connectivity index (χ2v) is 3.29. The molecule has 1 N–H and O–H groups in total. The summed E-state index contributed by atoms with van der Waals surface area (Å²) in [6.07, 6.45) is -0.814. The van der Waals surface area contributed by atoms with Crippen molar-refractivity contribution in [3.05, 3.63) is 34.9 Å². The number of halogens is 1. The molecule has 0 aliphatic rings. The maximum atomic E-state index is 10.4. The maximum Gasteiger partial charge on any atom is 0.332 e. The summed E-state index contributed by atoms with van der Waals surface area (Å²) in [6, 6.07) is 7.19. The van der Waals surface area contributed by atoms with Crippen LogP contribution in [-0.4, -0.2) is 17.2 Å². The Morgan fingerprint density at radius 1 is 1.57 bits per heavy atom. The van der Waals surface area contributed by atoms with Gasteiger partial charge in [-0.2, -0.15) is 0 Å². The van der Waals surface area contributed by atoms with Crippen LogP contribution in [0.5, 0.6) is 0 Å². The van der Waals surface area contributed by atoms with Gasteiger partial charge in [0.1, 0.15) is 0 Å². The number of aliphatic carboxylic acids is 1. The van der Waals surface area contributed by atoms with E-state index in [-0.39, 0.29) is 6.61 Å². The maximum absolute atomic E-state index is 10.4. The van der Waals surface area contributed by atoms with E-state index in [4.69, 9.17) is 21.4 Å². The van der Waals surface area contributed by atoms with Crippen LogP contribution in [0.3, 0.4) is 0 Å². The number of carboxylic acid groups (broad SMARTS) is 1. The van der Waals surface area contributed by atoms with Crippen molar-refractivity contribution in [3.8, 4) is 0 Å². The zero-order valence-electron chi connectivity index (χ0n) is 7.74. The molecule has 0 unspecified atom stereocenters. The van der Waals surface area contributed by atoms with E-state index in [9.17, 15) is 4.79 Å². The molecule has 0 bridgehead atoms. The third-order valence-corrected chi connectivity index (χ3v) is 2.16. The van der Waals surface area contributed by atoms with Crippen LogP contribution in [0, 0.1) is 0 Å². The lowest BCUT2D eigenvalue weighted by Gasteiger charge is -2.09.